The molecule has 0 unspecified atom stereocenters. The van der Waals surface area contributed by atoms with Crippen molar-refractivity contribution >= 4 is 23.2 Å². The minimum atomic E-state index is -4.56. The maximum absolute atomic E-state index is 13.2. The number of carbonyl (C=O) groups is 1. The lowest BCUT2D eigenvalue weighted by molar-refractivity contribution is -0.137. The van der Waals surface area contributed by atoms with Gasteiger partial charge in [-0.2, -0.15) is 13.2 Å². The SMILES string of the molecule is CCOCN(C(=O)CCl)c1c(CC)cccc1C(F)(F)F. The summed E-state index contributed by atoms with van der Waals surface area (Å²) < 4.78 is 44.7. The second-order valence-electron chi connectivity index (χ2n) is 4.24. The highest BCUT2D eigenvalue weighted by Gasteiger charge is 2.37. The first kappa shape index (κ1) is 17.8. The Morgan fingerprint density at radius 2 is 2.00 bits per heavy atom. The molecule has 0 radical (unpaired) electrons. The van der Waals surface area contributed by atoms with Gasteiger partial charge in [0.1, 0.15) is 12.6 Å². The number of halogens is 4. The predicted molar refractivity (Wildman–Crippen MR) is 75.5 cm³/mol. The number of para-hydroxylation sites is 1. The van der Waals surface area contributed by atoms with Crippen LogP contribution >= 0.6 is 11.6 Å². The van der Waals surface area contributed by atoms with Crippen LogP contribution in [0, 0.1) is 0 Å². The van der Waals surface area contributed by atoms with Gasteiger partial charge in [-0.25, -0.2) is 0 Å². The summed E-state index contributed by atoms with van der Waals surface area (Å²) >= 11 is 5.51. The molecule has 118 valence electrons. The molecule has 21 heavy (non-hydrogen) atoms. The van der Waals surface area contributed by atoms with Crippen molar-refractivity contribution in [3.63, 3.8) is 0 Å². The van der Waals surface area contributed by atoms with Crippen LogP contribution in [0.25, 0.3) is 0 Å². The molecule has 0 N–H and O–H groups in total. The van der Waals surface area contributed by atoms with Crippen LogP contribution in [0.5, 0.6) is 0 Å². The van der Waals surface area contributed by atoms with E-state index in [0.717, 1.165) is 11.0 Å². The van der Waals surface area contributed by atoms with E-state index < -0.39 is 23.5 Å². The Kier molecular flexibility index (Phi) is 6.48. The summed E-state index contributed by atoms with van der Waals surface area (Å²) in [5, 5.41) is 0. The van der Waals surface area contributed by atoms with Gasteiger partial charge in [-0.05, 0) is 25.0 Å². The number of alkyl halides is 4. The number of carbonyl (C=O) groups excluding carboxylic acids is 1. The molecular weight excluding hydrogens is 307 g/mol. The number of benzene rings is 1. The largest absolute Gasteiger partial charge is 0.418 e. The molecule has 0 aliphatic carbocycles. The number of rotatable bonds is 6. The molecule has 0 saturated carbocycles. The molecule has 0 atom stereocenters. The number of hydrogen-bond acceptors (Lipinski definition) is 2. The third-order valence-corrected chi connectivity index (χ3v) is 3.14. The van der Waals surface area contributed by atoms with E-state index in [9.17, 15) is 18.0 Å². The van der Waals surface area contributed by atoms with E-state index in [4.69, 9.17) is 16.3 Å². The van der Waals surface area contributed by atoms with Crippen molar-refractivity contribution in [2.45, 2.75) is 26.4 Å². The van der Waals surface area contributed by atoms with Gasteiger partial charge in [0, 0.05) is 6.61 Å². The highest BCUT2D eigenvalue weighted by atomic mass is 35.5. The molecule has 0 aliphatic heterocycles. The lowest BCUT2D eigenvalue weighted by Crippen LogP contribution is -2.36. The van der Waals surface area contributed by atoms with Crippen LogP contribution in [-0.4, -0.2) is 25.1 Å². The average molecular weight is 324 g/mol. The Balaban J connectivity index is 3.42. The zero-order chi connectivity index (χ0) is 16.0. The zero-order valence-electron chi connectivity index (χ0n) is 11.8. The molecule has 7 heteroatoms. The number of nitrogens with zero attached hydrogens (tertiary/aromatic N) is 1. The van der Waals surface area contributed by atoms with Gasteiger partial charge in [0.05, 0.1) is 11.3 Å². The summed E-state index contributed by atoms with van der Waals surface area (Å²) in [5.41, 5.74) is -0.616. The van der Waals surface area contributed by atoms with Gasteiger partial charge in [0.15, 0.2) is 0 Å². The van der Waals surface area contributed by atoms with Gasteiger partial charge in [0.2, 0.25) is 5.91 Å². The molecule has 1 aromatic rings. The molecule has 0 aliphatic rings. The fourth-order valence-corrected chi connectivity index (χ4v) is 2.08. The lowest BCUT2D eigenvalue weighted by atomic mass is 10.0. The number of aryl methyl sites for hydroxylation is 1. The number of ether oxygens (including phenoxy) is 1. The van der Waals surface area contributed by atoms with E-state index in [1.54, 1.807) is 19.9 Å². The quantitative estimate of drug-likeness (QED) is 0.588. The third-order valence-electron chi connectivity index (χ3n) is 2.92. The smallest absolute Gasteiger partial charge is 0.361 e. The van der Waals surface area contributed by atoms with E-state index in [0.29, 0.717) is 12.0 Å². The van der Waals surface area contributed by atoms with Crippen LogP contribution in [0.2, 0.25) is 0 Å². The van der Waals surface area contributed by atoms with Gasteiger partial charge in [-0.3, -0.25) is 9.69 Å². The average Bonchev–Trinajstić information content (AvgIpc) is 2.46. The van der Waals surface area contributed by atoms with Crippen LogP contribution in [-0.2, 0) is 22.1 Å². The summed E-state index contributed by atoms with van der Waals surface area (Å²) in [4.78, 5) is 12.9. The number of amides is 1. The fraction of sp³-hybridized carbons (Fsp3) is 0.500. The molecule has 3 nitrogen and oxygen atoms in total. The van der Waals surface area contributed by atoms with E-state index in [2.05, 4.69) is 0 Å². The molecule has 0 bridgehead atoms. The minimum Gasteiger partial charge on any atom is -0.361 e. The standard InChI is InChI=1S/C14H17ClF3NO2/c1-3-10-6-5-7-11(14(16,17)18)13(10)19(9-21-4-2)12(20)8-15/h5-7H,3-4,8-9H2,1-2H3. The van der Waals surface area contributed by atoms with Crippen molar-refractivity contribution < 1.29 is 22.7 Å². The van der Waals surface area contributed by atoms with Crippen LogP contribution in [0.15, 0.2) is 18.2 Å². The monoisotopic (exact) mass is 323 g/mol. The second kappa shape index (κ2) is 7.66. The normalized spacial score (nSPS) is 11.5. The van der Waals surface area contributed by atoms with Gasteiger partial charge >= 0.3 is 6.18 Å². The van der Waals surface area contributed by atoms with Crippen molar-refractivity contribution in [2.24, 2.45) is 0 Å². The van der Waals surface area contributed by atoms with Crippen molar-refractivity contribution in [2.75, 3.05) is 24.1 Å². The number of hydrogen-bond donors (Lipinski definition) is 0. The molecule has 0 saturated heterocycles. The lowest BCUT2D eigenvalue weighted by Gasteiger charge is -2.27. The molecule has 0 aromatic heterocycles. The van der Waals surface area contributed by atoms with E-state index in [1.807, 2.05) is 0 Å². The van der Waals surface area contributed by atoms with Crippen molar-refractivity contribution in [3.05, 3.63) is 29.3 Å². The summed E-state index contributed by atoms with van der Waals surface area (Å²) in [5.74, 6) is -1.04. The molecule has 1 aromatic carbocycles. The Labute approximate surface area is 126 Å². The second-order valence-corrected chi connectivity index (χ2v) is 4.51. The summed E-state index contributed by atoms with van der Waals surface area (Å²) in [6.07, 6.45) is -4.20. The maximum atomic E-state index is 13.2. The third kappa shape index (κ3) is 4.35. The van der Waals surface area contributed by atoms with Crippen molar-refractivity contribution in [1.29, 1.82) is 0 Å². The van der Waals surface area contributed by atoms with Crippen molar-refractivity contribution in [1.82, 2.24) is 0 Å². The molecule has 0 spiro atoms. The minimum absolute atomic E-state index is 0.174. The first-order valence-corrected chi connectivity index (χ1v) is 7.03. The highest BCUT2D eigenvalue weighted by molar-refractivity contribution is 6.29. The van der Waals surface area contributed by atoms with Crippen LogP contribution in [0.4, 0.5) is 18.9 Å². The van der Waals surface area contributed by atoms with E-state index in [1.165, 1.54) is 6.07 Å². The molecule has 1 rings (SSSR count). The van der Waals surface area contributed by atoms with Crippen molar-refractivity contribution in [3.8, 4) is 0 Å². The van der Waals surface area contributed by atoms with Gasteiger partial charge < -0.3 is 4.74 Å². The molecular formula is C14H17ClF3NO2. The first-order valence-electron chi connectivity index (χ1n) is 6.49. The summed E-state index contributed by atoms with van der Waals surface area (Å²) in [6, 6.07) is 3.84. The first-order chi connectivity index (χ1) is 9.86. The molecule has 1 amide bonds. The maximum Gasteiger partial charge on any atom is 0.418 e. The molecule has 0 heterocycles. The number of anilines is 1. The Morgan fingerprint density at radius 3 is 2.48 bits per heavy atom. The van der Waals surface area contributed by atoms with Gasteiger partial charge in [-0.15, -0.1) is 11.6 Å². The summed E-state index contributed by atoms with van der Waals surface area (Å²) in [6.45, 7) is 3.44. The topological polar surface area (TPSA) is 29.5 Å². The zero-order valence-corrected chi connectivity index (χ0v) is 12.6. The fourth-order valence-electron chi connectivity index (χ4n) is 1.94. The Hall–Kier alpha value is -1.27. The Morgan fingerprint density at radius 1 is 1.33 bits per heavy atom. The van der Waals surface area contributed by atoms with Crippen LogP contribution < -0.4 is 4.90 Å². The Bertz CT molecular complexity index is 492. The van der Waals surface area contributed by atoms with Crippen LogP contribution in [0.1, 0.15) is 25.0 Å². The van der Waals surface area contributed by atoms with E-state index >= 15 is 0 Å². The molecule has 0 fully saturated rings. The van der Waals surface area contributed by atoms with E-state index in [-0.39, 0.29) is 19.0 Å². The van der Waals surface area contributed by atoms with Crippen LogP contribution in [0.3, 0.4) is 0 Å². The summed E-state index contributed by atoms with van der Waals surface area (Å²) in [7, 11) is 0. The van der Waals surface area contributed by atoms with Gasteiger partial charge in [-0.1, -0.05) is 19.1 Å². The predicted octanol–water partition coefficient (Wildman–Crippen LogP) is 3.83. The van der Waals surface area contributed by atoms with Gasteiger partial charge in [0.25, 0.3) is 0 Å². The highest BCUT2D eigenvalue weighted by Crippen LogP contribution is 2.39.